The highest BCUT2D eigenvalue weighted by atomic mass is 32.2. The third kappa shape index (κ3) is 7.47. The highest BCUT2D eigenvalue weighted by Gasteiger charge is 2.36. The summed E-state index contributed by atoms with van der Waals surface area (Å²) in [5.41, 5.74) is 6.13. The van der Waals surface area contributed by atoms with Gasteiger partial charge in [-0.15, -0.1) is 0 Å². The number of carbonyl (C=O) groups excluding carboxylic acids is 1. The van der Waals surface area contributed by atoms with Gasteiger partial charge in [-0.05, 0) is 81.7 Å². The zero-order valence-corrected chi connectivity index (χ0v) is 24.8. The van der Waals surface area contributed by atoms with E-state index in [0.29, 0.717) is 35.6 Å². The Morgan fingerprint density at radius 1 is 1.12 bits per heavy atom. The highest BCUT2D eigenvalue weighted by Crippen LogP contribution is 2.39. The van der Waals surface area contributed by atoms with E-state index in [1.807, 2.05) is 47.6 Å². The van der Waals surface area contributed by atoms with Crippen LogP contribution in [0.3, 0.4) is 0 Å². The van der Waals surface area contributed by atoms with E-state index in [9.17, 15) is 17.6 Å². The Bertz CT molecular complexity index is 1620. The number of nitrogens with zero attached hydrogens (tertiary/aromatic N) is 2. The molecule has 1 amide bonds. The standard InChI is InChI=1S/C30H35FN4O5S/c1-18(2)17-39-22-13-19(12-21(31)14-22)24-11-10-23(27(33-24)20-15-29(3,4)40-30(5,6)16-20)28(36)35-41(37,38)26-9-7-8-25(32)34-26/h7-15,18H,16-17H2,1-6H3,(H2,32,34)(H,35,36). The predicted octanol–water partition coefficient (Wildman–Crippen LogP) is 5.38. The molecule has 0 fully saturated rings. The Labute approximate surface area is 240 Å². The number of anilines is 1. The van der Waals surface area contributed by atoms with Gasteiger partial charge < -0.3 is 15.2 Å². The maximum Gasteiger partial charge on any atom is 0.281 e. The largest absolute Gasteiger partial charge is 0.493 e. The molecule has 3 N–H and O–H groups in total. The van der Waals surface area contributed by atoms with Gasteiger partial charge in [0, 0.05) is 18.1 Å². The van der Waals surface area contributed by atoms with Crippen molar-refractivity contribution in [1.29, 1.82) is 0 Å². The first-order valence-electron chi connectivity index (χ1n) is 13.2. The van der Waals surface area contributed by atoms with Crippen molar-refractivity contribution in [3.8, 4) is 17.0 Å². The summed E-state index contributed by atoms with van der Waals surface area (Å²) < 4.78 is 54.5. The van der Waals surface area contributed by atoms with Crippen molar-refractivity contribution in [2.45, 2.75) is 64.2 Å². The minimum absolute atomic E-state index is 0.00399. The van der Waals surface area contributed by atoms with Crippen LogP contribution in [0.15, 0.2) is 59.6 Å². The molecule has 0 saturated carbocycles. The second-order valence-corrected chi connectivity index (χ2v) is 13.2. The Balaban J connectivity index is 1.81. The van der Waals surface area contributed by atoms with Crippen molar-refractivity contribution in [2.24, 2.45) is 5.92 Å². The van der Waals surface area contributed by atoms with E-state index in [1.165, 1.54) is 36.4 Å². The van der Waals surface area contributed by atoms with Gasteiger partial charge in [0.2, 0.25) is 0 Å². The summed E-state index contributed by atoms with van der Waals surface area (Å²) in [6.07, 6.45) is 2.25. The number of nitrogen functional groups attached to an aromatic ring is 1. The maximum absolute atomic E-state index is 14.6. The van der Waals surface area contributed by atoms with Gasteiger partial charge in [-0.2, -0.15) is 8.42 Å². The number of sulfonamides is 1. The number of pyridine rings is 2. The average molecular weight is 583 g/mol. The molecule has 41 heavy (non-hydrogen) atoms. The van der Waals surface area contributed by atoms with Crippen LogP contribution in [0.2, 0.25) is 0 Å². The minimum Gasteiger partial charge on any atom is -0.493 e. The van der Waals surface area contributed by atoms with Crippen LogP contribution in [0.5, 0.6) is 5.75 Å². The number of halogens is 1. The van der Waals surface area contributed by atoms with Gasteiger partial charge in [0.15, 0.2) is 5.03 Å². The number of nitrogens with two attached hydrogens (primary N) is 1. The smallest absolute Gasteiger partial charge is 0.281 e. The normalized spacial score (nSPS) is 16.2. The lowest BCUT2D eigenvalue weighted by molar-refractivity contribution is -0.100. The third-order valence-corrected chi connectivity index (χ3v) is 7.35. The second kappa shape index (κ2) is 11.2. The number of ether oxygens (including phenoxy) is 2. The molecule has 0 atom stereocenters. The number of carbonyl (C=O) groups is 1. The fourth-order valence-electron chi connectivity index (χ4n) is 4.77. The van der Waals surface area contributed by atoms with Crippen molar-refractivity contribution < 1.29 is 27.1 Å². The van der Waals surface area contributed by atoms with E-state index in [-0.39, 0.29) is 23.0 Å². The molecule has 3 aromatic rings. The topological polar surface area (TPSA) is 134 Å². The molecule has 2 aromatic heterocycles. The molecule has 11 heteroatoms. The molecule has 4 rings (SSSR count). The van der Waals surface area contributed by atoms with Gasteiger partial charge in [0.05, 0.1) is 34.8 Å². The number of hydrogen-bond acceptors (Lipinski definition) is 8. The first-order chi connectivity index (χ1) is 19.0. The summed E-state index contributed by atoms with van der Waals surface area (Å²) in [6, 6.07) is 11.4. The molecule has 0 saturated heterocycles. The average Bonchev–Trinajstić information content (AvgIpc) is 2.84. The van der Waals surface area contributed by atoms with Gasteiger partial charge >= 0.3 is 0 Å². The molecule has 1 aliphatic heterocycles. The number of rotatable bonds is 8. The predicted molar refractivity (Wildman–Crippen MR) is 155 cm³/mol. The fourth-order valence-corrected chi connectivity index (χ4v) is 5.72. The lowest BCUT2D eigenvalue weighted by atomic mass is 9.86. The molecule has 3 heterocycles. The van der Waals surface area contributed by atoms with Crippen molar-refractivity contribution in [3.05, 3.63) is 71.7 Å². The molecule has 0 spiro atoms. The van der Waals surface area contributed by atoms with E-state index in [4.69, 9.17) is 20.2 Å². The van der Waals surface area contributed by atoms with Gasteiger partial charge in [-0.3, -0.25) is 4.79 Å². The van der Waals surface area contributed by atoms with Gasteiger partial charge in [0.1, 0.15) is 17.4 Å². The zero-order valence-electron chi connectivity index (χ0n) is 24.0. The Morgan fingerprint density at radius 3 is 2.51 bits per heavy atom. The van der Waals surface area contributed by atoms with Crippen LogP contribution in [-0.4, -0.2) is 42.1 Å². The lowest BCUT2D eigenvalue weighted by Gasteiger charge is -2.40. The van der Waals surface area contributed by atoms with Crippen LogP contribution in [0.1, 0.15) is 64.0 Å². The first kappa shape index (κ1) is 30.1. The molecule has 1 aromatic carbocycles. The fraction of sp³-hybridized carbons (Fsp3) is 0.367. The molecule has 9 nitrogen and oxygen atoms in total. The summed E-state index contributed by atoms with van der Waals surface area (Å²) in [5.74, 6) is -0.802. The van der Waals surface area contributed by atoms with Gasteiger partial charge in [-0.1, -0.05) is 19.9 Å². The molecular weight excluding hydrogens is 547 g/mol. The van der Waals surface area contributed by atoms with Crippen molar-refractivity contribution in [1.82, 2.24) is 14.7 Å². The highest BCUT2D eigenvalue weighted by molar-refractivity contribution is 7.90. The van der Waals surface area contributed by atoms with Crippen molar-refractivity contribution in [2.75, 3.05) is 12.3 Å². The molecular formula is C30H35FN4O5S. The molecule has 0 aliphatic carbocycles. The van der Waals surface area contributed by atoms with E-state index in [2.05, 4.69) is 9.71 Å². The number of hydrogen-bond donors (Lipinski definition) is 2. The molecule has 218 valence electrons. The van der Waals surface area contributed by atoms with Crippen LogP contribution < -0.4 is 15.2 Å². The SMILES string of the molecule is CC(C)COc1cc(F)cc(-c2ccc(C(=O)NS(=O)(=O)c3cccc(N)n3)c(C3=CC(C)(C)OC(C)(C)C3)n2)c1. The zero-order chi connectivity index (χ0) is 30.2. The van der Waals surface area contributed by atoms with Crippen LogP contribution in [-0.2, 0) is 14.8 Å². The summed E-state index contributed by atoms with van der Waals surface area (Å²) >= 11 is 0. The summed E-state index contributed by atoms with van der Waals surface area (Å²) in [7, 11) is -4.34. The van der Waals surface area contributed by atoms with E-state index in [0.717, 1.165) is 0 Å². The molecule has 1 aliphatic rings. The number of benzene rings is 1. The quantitative estimate of drug-likeness (QED) is 0.362. The summed E-state index contributed by atoms with van der Waals surface area (Å²) in [6.45, 7) is 12.0. The second-order valence-electron chi connectivity index (χ2n) is 11.6. The number of amides is 1. The Hall–Kier alpha value is -3.83. The van der Waals surface area contributed by atoms with Crippen molar-refractivity contribution in [3.63, 3.8) is 0 Å². The van der Waals surface area contributed by atoms with E-state index in [1.54, 1.807) is 12.1 Å². The van der Waals surface area contributed by atoms with Crippen LogP contribution in [0.4, 0.5) is 10.2 Å². The van der Waals surface area contributed by atoms with Crippen LogP contribution >= 0.6 is 0 Å². The van der Waals surface area contributed by atoms with Gasteiger partial charge in [-0.25, -0.2) is 19.1 Å². The monoisotopic (exact) mass is 582 g/mol. The van der Waals surface area contributed by atoms with E-state index < -0.39 is 38.0 Å². The van der Waals surface area contributed by atoms with Gasteiger partial charge in [0.25, 0.3) is 15.9 Å². The van der Waals surface area contributed by atoms with E-state index >= 15 is 0 Å². The summed E-state index contributed by atoms with van der Waals surface area (Å²) in [4.78, 5) is 22.1. The minimum atomic E-state index is -4.34. The first-order valence-corrected chi connectivity index (χ1v) is 14.7. The van der Waals surface area contributed by atoms with Crippen LogP contribution in [0, 0.1) is 11.7 Å². The molecule has 0 radical (unpaired) electrons. The number of nitrogens with one attached hydrogen (secondary N) is 1. The summed E-state index contributed by atoms with van der Waals surface area (Å²) in [5, 5.41) is -0.391. The lowest BCUT2D eigenvalue weighted by Crippen LogP contribution is -2.40. The van der Waals surface area contributed by atoms with Crippen molar-refractivity contribution >= 4 is 27.3 Å². The van der Waals surface area contributed by atoms with Crippen LogP contribution in [0.25, 0.3) is 16.8 Å². The Kier molecular flexibility index (Phi) is 8.24. The third-order valence-electron chi connectivity index (χ3n) is 6.12. The molecule has 0 unspecified atom stereocenters. The number of aromatic nitrogens is 2. The maximum atomic E-state index is 14.6. The molecule has 0 bridgehead atoms. The Morgan fingerprint density at radius 2 is 1.85 bits per heavy atom.